The summed E-state index contributed by atoms with van der Waals surface area (Å²) < 4.78 is 0. The van der Waals surface area contributed by atoms with Crippen molar-refractivity contribution >= 4 is 23.3 Å². The number of thiazole rings is 1. The Balaban J connectivity index is 2.25. The van der Waals surface area contributed by atoms with Crippen LogP contribution in [-0.2, 0) is 11.2 Å². The third kappa shape index (κ3) is 6.76. The van der Waals surface area contributed by atoms with E-state index in [1.54, 1.807) is 17.5 Å². The van der Waals surface area contributed by atoms with E-state index in [-0.39, 0.29) is 18.5 Å². The Morgan fingerprint density at radius 3 is 2.89 bits per heavy atom. The predicted octanol–water partition coefficient (Wildman–Crippen LogP) is 1.63. The van der Waals surface area contributed by atoms with Crippen molar-refractivity contribution in [3.63, 3.8) is 0 Å². The molecule has 0 aliphatic heterocycles. The van der Waals surface area contributed by atoms with Crippen molar-refractivity contribution < 1.29 is 14.7 Å². The van der Waals surface area contributed by atoms with Crippen molar-refractivity contribution in [2.24, 2.45) is 0 Å². The molecular weight excluding hydrogens is 266 g/mol. The van der Waals surface area contributed by atoms with Gasteiger partial charge in [-0.3, -0.25) is 4.79 Å². The SMILES string of the molecule is CCCC(CC(=O)O)NC(=O)NCCc1nccs1. The molecule has 0 aromatic carbocycles. The number of aliphatic carboxylic acids is 1. The lowest BCUT2D eigenvalue weighted by Crippen LogP contribution is -2.43. The number of carboxylic acid groups (broad SMARTS) is 1. The number of urea groups is 1. The summed E-state index contributed by atoms with van der Waals surface area (Å²) in [6.07, 6.45) is 3.85. The molecule has 0 saturated carbocycles. The fraction of sp³-hybridized carbons (Fsp3) is 0.583. The van der Waals surface area contributed by atoms with E-state index >= 15 is 0 Å². The minimum atomic E-state index is -0.901. The quantitative estimate of drug-likeness (QED) is 0.677. The number of amides is 2. The van der Waals surface area contributed by atoms with Gasteiger partial charge in [-0.05, 0) is 6.42 Å². The second-order valence-electron chi connectivity index (χ2n) is 4.16. The number of nitrogens with one attached hydrogen (secondary N) is 2. The van der Waals surface area contributed by atoms with Crippen LogP contribution in [0.2, 0.25) is 0 Å². The van der Waals surface area contributed by atoms with Crippen molar-refractivity contribution in [2.45, 2.75) is 38.6 Å². The number of rotatable bonds is 8. The Bertz CT molecular complexity index is 395. The second kappa shape index (κ2) is 8.47. The van der Waals surface area contributed by atoms with Crippen LogP contribution in [0, 0.1) is 0 Å². The van der Waals surface area contributed by atoms with Crippen molar-refractivity contribution in [1.82, 2.24) is 15.6 Å². The Morgan fingerprint density at radius 1 is 1.53 bits per heavy atom. The summed E-state index contributed by atoms with van der Waals surface area (Å²) in [5.74, 6) is -0.901. The molecule has 0 spiro atoms. The molecule has 0 fully saturated rings. The van der Waals surface area contributed by atoms with Crippen LogP contribution in [0.25, 0.3) is 0 Å². The van der Waals surface area contributed by atoms with Crippen LogP contribution in [-0.4, -0.2) is 34.7 Å². The number of carbonyl (C=O) groups excluding carboxylic acids is 1. The second-order valence-corrected chi connectivity index (χ2v) is 5.14. The molecule has 1 aromatic heterocycles. The van der Waals surface area contributed by atoms with Crippen LogP contribution in [0.4, 0.5) is 4.79 Å². The molecule has 19 heavy (non-hydrogen) atoms. The molecule has 0 radical (unpaired) electrons. The molecule has 1 atom stereocenters. The molecule has 6 nitrogen and oxygen atoms in total. The van der Waals surface area contributed by atoms with Crippen LogP contribution in [0.15, 0.2) is 11.6 Å². The first kappa shape index (κ1) is 15.4. The Morgan fingerprint density at radius 2 is 2.32 bits per heavy atom. The first-order valence-electron chi connectivity index (χ1n) is 6.26. The molecule has 1 unspecified atom stereocenters. The van der Waals surface area contributed by atoms with Crippen LogP contribution in [0.5, 0.6) is 0 Å². The van der Waals surface area contributed by atoms with E-state index in [9.17, 15) is 9.59 Å². The number of nitrogens with zero attached hydrogens (tertiary/aromatic N) is 1. The van der Waals surface area contributed by atoms with Gasteiger partial charge in [-0.15, -0.1) is 11.3 Å². The predicted molar refractivity (Wildman–Crippen MR) is 73.3 cm³/mol. The maximum Gasteiger partial charge on any atom is 0.315 e. The van der Waals surface area contributed by atoms with E-state index in [1.165, 1.54) is 0 Å². The molecule has 0 aliphatic carbocycles. The molecule has 7 heteroatoms. The molecule has 2 amide bonds. The van der Waals surface area contributed by atoms with E-state index in [4.69, 9.17) is 5.11 Å². The van der Waals surface area contributed by atoms with E-state index in [2.05, 4.69) is 15.6 Å². The zero-order chi connectivity index (χ0) is 14.1. The highest BCUT2D eigenvalue weighted by atomic mass is 32.1. The van der Waals surface area contributed by atoms with Gasteiger partial charge in [0.15, 0.2) is 0 Å². The van der Waals surface area contributed by atoms with Crippen molar-refractivity contribution in [1.29, 1.82) is 0 Å². The largest absolute Gasteiger partial charge is 0.481 e. The lowest BCUT2D eigenvalue weighted by Gasteiger charge is -2.16. The number of hydrogen-bond acceptors (Lipinski definition) is 4. The summed E-state index contributed by atoms with van der Waals surface area (Å²) in [6.45, 7) is 2.45. The van der Waals surface area contributed by atoms with Crippen LogP contribution in [0.3, 0.4) is 0 Å². The van der Waals surface area contributed by atoms with Gasteiger partial charge in [-0.1, -0.05) is 13.3 Å². The molecular formula is C12H19N3O3S. The molecule has 0 bridgehead atoms. The normalized spacial score (nSPS) is 11.8. The van der Waals surface area contributed by atoms with E-state index in [0.717, 1.165) is 11.4 Å². The Kier molecular flexibility index (Phi) is 6.88. The Labute approximate surface area is 116 Å². The van der Waals surface area contributed by atoms with Crippen LogP contribution in [0.1, 0.15) is 31.2 Å². The average Bonchev–Trinajstić information content (AvgIpc) is 2.81. The minimum absolute atomic E-state index is 0.0479. The van der Waals surface area contributed by atoms with E-state index < -0.39 is 5.97 Å². The molecule has 0 aliphatic rings. The average molecular weight is 285 g/mol. The first-order valence-corrected chi connectivity index (χ1v) is 7.14. The number of aromatic nitrogens is 1. The summed E-state index contributed by atoms with van der Waals surface area (Å²) in [5.41, 5.74) is 0. The van der Waals surface area contributed by atoms with Gasteiger partial charge >= 0.3 is 12.0 Å². The standard InChI is InChI=1S/C12H19N3O3S/c1-2-3-9(8-11(16)17)15-12(18)14-5-4-10-13-6-7-19-10/h6-7,9H,2-5,8H2,1H3,(H,16,17)(H2,14,15,18). The van der Waals surface area contributed by atoms with Gasteiger partial charge in [0.2, 0.25) is 0 Å². The third-order valence-electron chi connectivity index (χ3n) is 2.50. The highest BCUT2D eigenvalue weighted by Crippen LogP contribution is 2.04. The van der Waals surface area contributed by atoms with Crippen LogP contribution < -0.4 is 10.6 Å². The summed E-state index contributed by atoms with van der Waals surface area (Å²) in [5, 5.41) is 17.0. The molecule has 0 saturated heterocycles. The molecule has 106 valence electrons. The highest BCUT2D eigenvalue weighted by Gasteiger charge is 2.14. The summed E-state index contributed by atoms with van der Waals surface area (Å²) in [6, 6.07) is -0.640. The third-order valence-corrected chi connectivity index (χ3v) is 3.34. The fourth-order valence-electron chi connectivity index (χ4n) is 1.68. The van der Waals surface area contributed by atoms with Gasteiger partial charge in [0, 0.05) is 30.6 Å². The van der Waals surface area contributed by atoms with E-state index in [0.29, 0.717) is 19.4 Å². The smallest absolute Gasteiger partial charge is 0.315 e. The highest BCUT2D eigenvalue weighted by molar-refractivity contribution is 7.09. The van der Waals surface area contributed by atoms with Crippen LogP contribution >= 0.6 is 11.3 Å². The summed E-state index contributed by atoms with van der Waals surface area (Å²) >= 11 is 1.54. The molecule has 3 N–H and O–H groups in total. The number of hydrogen-bond donors (Lipinski definition) is 3. The summed E-state index contributed by atoms with van der Waals surface area (Å²) in [4.78, 5) is 26.4. The van der Waals surface area contributed by atoms with Crippen molar-refractivity contribution in [2.75, 3.05) is 6.54 Å². The van der Waals surface area contributed by atoms with Crippen molar-refractivity contribution in [3.8, 4) is 0 Å². The number of carboxylic acids is 1. The zero-order valence-corrected chi connectivity index (χ0v) is 11.7. The topological polar surface area (TPSA) is 91.3 Å². The van der Waals surface area contributed by atoms with Gasteiger partial charge < -0.3 is 15.7 Å². The van der Waals surface area contributed by atoms with Gasteiger partial charge in [0.1, 0.15) is 0 Å². The minimum Gasteiger partial charge on any atom is -0.481 e. The number of carbonyl (C=O) groups is 2. The van der Waals surface area contributed by atoms with Gasteiger partial charge in [0.25, 0.3) is 0 Å². The first-order chi connectivity index (χ1) is 9.11. The Hall–Kier alpha value is -1.63. The lowest BCUT2D eigenvalue weighted by atomic mass is 10.1. The molecule has 1 heterocycles. The maximum absolute atomic E-state index is 11.6. The van der Waals surface area contributed by atoms with Crippen molar-refractivity contribution in [3.05, 3.63) is 16.6 Å². The maximum atomic E-state index is 11.6. The zero-order valence-electron chi connectivity index (χ0n) is 10.9. The monoisotopic (exact) mass is 285 g/mol. The molecule has 1 aromatic rings. The van der Waals surface area contributed by atoms with Gasteiger partial charge in [-0.25, -0.2) is 9.78 Å². The summed E-state index contributed by atoms with van der Waals surface area (Å²) in [7, 11) is 0. The van der Waals surface area contributed by atoms with Gasteiger partial charge in [-0.2, -0.15) is 0 Å². The van der Waals surface area contributed by atoms with E-state index in [1.807, 2.05) is 12.3 Å². The fourth-order valence-corrected chi connectivity index (χ4v) is 2.30. The lowest BCUT2D eigenvalue weighted by molar-refractivity contribution is -0.137. The van der Waals surface area contributed by atoms with Gasteiger partial charge in [0.05, 0.1) is 11.4 Å². The molecule has 1 rings (SSSR count).